The van der Waals surface area contributed by atoms with Gasteiger partial charge in [0.1, 0.15) is 5.60 Å². The SMILES string of the molecule is CC1(C)CC[C@@H](CO)N(C(=O)OC(C)(C)C)C1. The number of hydrogen-bond acceptors (Lipinski definition) is 3. The van der Waals surface area contributed by atoms with Crippen molar-refractivity contribution in [2.75, 3.05) is 13.2 Å². The number of likely N-dealkylation sites (tertiary alicyclic amines) is 1. The van der Waals surface area contributed by atoms with Crippen LogP contribution >= 0.6 is 0 Å². The number of carbonyl (C=O) groups excluding carboxylic acids is 1. The van der Waals surface area contributed by atoms with Gasteiger partial charge >= 0.3 is 6.09 Å². The second-order valence-electron chi connectivity index (χ2n) is 6.65. The normalized spacial score (nSPS) is 24.6. The number of hydrogen-bond donors (Lipinski definition) is 1. The second-order valence-corrected chi connectivity index (χ2v) is 6.65. The summed E-state index contributed by atoms with van der Waals surface area (Å²) in [4.78, 5) is 13.7. The molecule has 1 aliphatic rings. The topological polar surface area (TPSA) is 49.8 Å². The van der Waals surface area contributed by atoms with Crippen LogP contribution in [0.3, 0.4) is 0 Å². The second kappa shape index (κ2) is 4.84. The van der Waals surface area contributed by atoms with Gasteiger partial charge in [-0.2, -0.15) is 0 Å². The lowest BCUT2D eigenvalue weighted by atomic mass is 9.81. The van der Waals surface area contributed by atoms with E-state index in [1.54, 1.807) is 4.90 Å². The van der Waals surface area contributed by atoms with Gasteiger partial charge < -0.3 is 14.7 Å². The van der Waals surface area contributed by atoms with E-state index >= 15 is 0 Å². The molecule has 0 unspecified atom stereocenters. The third-order valence-corrected chi connectivity index (χ3v) is 3.03. The van der Waals surface area contributed by atoms with Crippen molar-refractivity contribution in [3.8, 4) is 0 Å². The Hall–Kier alpha value is -0.770. The van der Waals surface area contributed by atoms with Gasteiger partial charge in [-0.15, -0.1) is 0 Å². The Kier molecular flexibility index (Phi) is 4.07. The molecule has 100 valence electrons. The van der Waals surface area contributed by atoms with Crippen LogP contribution in [-0.4, -0.2) is 40.9 Å². The van der Waals surface area contributed by atoms with Crippen molar-refractivity contribution >= 4 is 6.09 Å². The molecule has 0 spiro atoms. The van der Waals surface area contributed by atoms with Crippen molar-refractivity contribution in [3.05, 3.63) is 0 Å². The van der Waals surface area contributed by atoms with Gasteiger partial charge in [0.2, 0.25) is 0 Å². The van der Waals surface area contributed by atoms with E-state index in [0.29, 0.717) is 6.54 Å². The van der Waals surface area contributed by atoms with Crippen molar-refractivity contribution in [3.63, 3.8) is 0 Å². The molecule has 1 fully saturated rings. The first-order valence-corrected chi connectivity index (χ1v) is 6.25. The quantitative estimate of drug-likeness (QED) is 0.769. The highest BCUT2D eigenvalue weighted by Crippen LogP contribution is 2.32. The highest BCUT2D eigenvalue weighted by molar-refractivity contribution is 5.68. The zero-order chi connectivity index (χ0) is 13.3. The van der Waals surface area contributed by atoms with Crippen LogP contribution in [-0.2, 0) is 4.74 Å². The summed E-state index contributed by atoms with van der Waals surface area (Å²) in [6.07, 6.45) is 1.55. The molecule has 0 aromatic heterocycles. The average Bonchev–Trinajstić information content (AvgIpc) is 2.13. The summed E-state index contributed by atoms with van der Waals surface area (Å²) in [5, 5.41) is 9.33. The Labute approximate surface area is 104 Å². The van der Waals surface area contributed by atoms with Gasteiger partial charge in [-0.05, 0) is 39.0 Å². The van der Waals surface area contributed by atoms with E-state index in [4.69, 9.17) is 4.74 Å². The Morgan fingerprint density at radius 1 is 1.47 bits per heavy atom. The van der Waals surface area contributed by atoms with Gasteiger partial charge in [0.15, 0.2) is 0 Å². The smallest absolute Gasteiger partial charge is 0.410 e. The van der Waals surface area contributed by atoms with E-state index in [1.165, 1.54) is 0 Å². The summed E-state index contributed by atoms with van der Waals surface area (Å²) in [5.74, 6) is 0. The molecule has 0 aromatic carbocycles. The van der Waals surface area contributed by atoms with Gasteiger partial charge in [-0.3, -0.25) is 0 Å². The molecule has 0 bridgehead atoms. The van der Waals surface area contributed by atoms with Gasteiger partial charge in [0.25, 0.3) is 0 Å². The lowest BCUT2D eigenvalue weighted by Gasteiger charge is -2.43. The molecule has 1 heterocycles. The Morgan fingerprint density at radius 2 is 2.06 bits per heavy atom. The molecule has 0 aromatic rings. The lowest BCUT2D eigenvalue weighted by Crippen LogP contribution is -2.52. The first-order chi connectivity index (χ1) is 7.64. The molecule has 4 nitrogen and oxygen atoms in total. The number of rotatable bonds is 1. The molecule has 1 N–H and O–H groups in total. The predicted molar refractivity (Wildman–Crippen MR) is 66.8 cm³/mol. The first-order valence-electron chi connectivity index (χ1n) is 6.25. The monoisotopic (exact) mass is 243 g/mol. The van der Waals surface area contributed by atoms with Gasteiger partial charge in [-0.1, -0.05) is 13.8 Å². The number of aliphatic hydroxyl groups is 1. The van der Waals surface area contributed by atoms with Gasteiger partial charge in [-0.25, -0.2) is 4.79 Å². The summed E-state index contributed by atoms with van der Waals surface area (Å²) in [6.45, 7) is 10.5. The molecule has 0 radical (unpaired) electrons. The van der Waals surface area contributed by atoms with Crippen LogP contribution in [0.2, 0.25) is 0 Å². The van der Waals surface area contributed by atoms with E-state index in [9.17, 15) is 9.90 Å². The lowest BCUT2D eigenvalue weighted by molar-refractivity contribution is -0.0172. The molecular formula is C13H25NO3. The maximum Gasteiger partial charge on any atom is 0.410 e. The first kappa shape index (κ1) is 14.3. The summed E-state index contributed by atoms with van der Waals surface area (Å²) >= 11 is 0. The fraction of sp³-hybridized carbons (Fsp3) is 0.923. The zero-order valence-corrected chi connectivity index (χ0v) is 11.6. The van der Waals surface area contributed by atoms with E-state index in [1.807, 2.05) is 20.8 Å². The van der Waals surface area contributed by atoms with E-state index in [0.717, 1.165) is 12.8 Å². The molecule has 1 amide bonds. The Bertz CT molecular complexity index is 281. The van der Waals surface area contributed by atoms with Crippen molar-refractivity contribution in [1.82, 2.24) is 4.90 Å². The summed E-state index contributed by atoms with van der Waals surface area (Å²) in [7, 11) is 0. The zero-order valence-electron chi connectivity index (χ0n) is 11.6. The number of nitrogens with zero attached hydrogens (tertiary/aromatic N) is 1. The van der Waals surface area contributed by atoms with Crippen molar-refractivity contribution < 1.29 is 14.6 Å². The molecule has 1 rings (SSSR count). The summed E-state index contributed by atoms with van der Waals surface area (Å²) < 4.78 is 5.38. The third kappa shape index (κ3) is 4.19. The predicted octanol–water partition coefficient (Wildman–Crippen LogP) is 2.40. The van der Waals surface area contributed by atoms with E-state index in [-0.39, 0.29) is 24.2 Å². The van der Waals surface area contributed by atoms with Crippen LogP contribution in [0.25, 0.3) is 0 Å². The molecule has 1 saturated heterocycles. The van der Waals surface area contributed by atoms with Gasteiger partial charge in [0.05, 0.1) is 12.6 Å². The Morgan fingerprint density at radius 3 is 2.53 bits per heavy atom. The maximum absolute atomic E-state index is 12.1. The van der Waals surface area contributed by atoms with Crippen molar-refractivity contribution in [2.45, 2.75) is 59.1 Å². The van der Waals surface area contributed by atoms with Crippen molar-refractivity contribution in [2.24, 2.45) is 5.41 Å². The average molecular weight is 243 g/mol. The minimum Gasteiger partial charge on any atom is -0.444 e. The minimum atomic E-state index is -0.487. The van der Waals surface area contributed by atoms with Crippen LogP contribution in [0, 0.1) is 5.41 Å². The number of aliphatic hydroxyl groups excluding tert-OH is 1. The van der Waals surface area contributed by atoms with Crippen molar-refractivity contribution in [1.29, 1.82) is 0 Å². The summed E-state index contributed by atoms with van der Waals surface area (Å²) in [5.41, 5.74) is -0.388. The fourth-order valence-electron chi connectivity index (χ4n) is 2.11. The molecule has 17 heavy (non-hydrogen) atoms. The molecule has 1 atom stereocenters. The largest absolute Gasteiger partial charge is 0.444 e. The number of carbonyl (C=O) groups is 1. The molecule has 0 saturated carbocycles. The third-order valence-electron chi connectivity index (χ3n) is 3.03. The van der Waals surface area contributed by atoms with E-state index in [2.05, 4.69) is 13.8 Å². The van der Waals surface area contributed by atoms with Gasteiger partial charge in [0, 0.05) is 6.54 Å². The molecule has 0 aliphatic carbocycles. The summed E-state index contributed by atoms with van der Waals surface area (Å²) in [6, 6.07) is -0.0992. The Balaban J connectivity index is 2.73. The van der Waals surface area contributed by atoms with Crippen LogP contribution in [0.5, 0.6) is 0 Å². The highest BCUT2D eigenvalue weighted by Gasteiger charge is 2.37. The van der Waals surface area contributed by atoms with Crippen LogP contribution < -0.4 is 0 Å². The van der Waals surface area contributed by atoms with E-state index < -0.39 is 5.60 Å². The standard InChI is InChI=1S/C13H25NO3/c1-12(2,3)17-11(16)14-9-13(4,5)7-6-10(14)8-15/h10,15H,6-9H2,1-5H3/t10-/m0/s1. The van der Waals surface area contributed by atoms with Crippen LogP contribution in [0.15, 0.2) is 0 Å². The molecule has 4 heteroatoms. The number of amides is 1. The number of piperidine rings is 1. The van der Waals surface area contributed by atoms with Crippen LogP contribution in [0.4, 0.5) is 4.79 Å². The number of ether oxygens (including phenoxy) is 1. The van der Waals surface area contributed by atoms with Crippen LogP contribution in [0.1, 0.15) is 47.5 Å². The molecule has 1 aliphatic heterocycles. The molecular weight excluding hydrogens is 218 g/mol. The highest BCUT2D eigenvalue weighted by atomic mass is 16.6. The fourth-order valence-corrected chi connectivity index (χ4v) is 2.11. The maximum atomic E-state index is 12.1. The minimum absolute atomic E-state index is 0.00925.